The molecule has 0 aromatic heterocycles. The highest BCUT2D eigenvalue weighted by atomic mass is 16.3. The lowest BCUT2D eigenvalue weighted by molar-refractivity contribution is -0.136. The van der Waals surface area contributed by atoms with Crippen LogP contribution in [0.1, 0.15) is 71.8 Å². The molecule has 1 aliphatic heterocycles. The zero-order valence-corrected chi connectivity index (χ0v) is 39.3. The van der Waals surface area contributed by atoms with Gasteiger partial charge in [0.25, 0.3) is 0 Å². The number of carbonyl (C=O) groups excluding carboxylic acids is 9. The standard InChI is InChI=1S/C43H74N14O11/c1-22(2)20-31-40(65)52-26(10-15-44)35(60)51-29(13-18-47)39(64)57-34(24(4)59)43(68)49-19-14-30(53-36(61)28(12-17-46)54-42(67)33(48)23(3)58)38(63)50-27(11-16-45)37(62)56-32(41(66)55-31)21-25-8-6-5-7-9-25/h5-9,22-24,26-34,58-59H,10-21,44-48H2,1-4H3,(H,49,68)(H,50,63)(H,51,60)(H,52,65)(H,53,61)(H,54,67)(H,55,66)(H,56,62)(H,57,64)/t23-,24-,26+,27+,28+,29?,30?,31+,32-,33+,34+/m1/s1. The van der Waals surface area contributed by atoms with E-state index in [1.165, 1.54) is 13.8 Å². The van der Waals surface area contributed by atoms with Crippen molar-refractivity contribution in [1.29, 1.82) is 0 Å². The van der Waals surface area contributed by atoms with Gasteiger partial charge in [0.15, 0.2) is 0 Å². The summed E-state index contributed by atoms with van der Waals surface area (Å²) < 4.78 is 0. The first-order chi connectivity index (χ1) is 32.2. The quantitative estimate of drug-likeness (QED) is 0.0650. The second-order valence-corrected chi connectivity index (χ2v) is 17.1. The molecule has 25 nitrogen and oxygen atoms in total. The van der Waals surface area contributed by atoms with E-state index < -0.39 is 126 Å². The maximum absolute atomic E-state index is 14.2. The molecule has 1 aromatic carbocycles. The van der Waals surface area contributed by atoms with E-state index in [1.807, 2.05) is 0 Å². The Labute approximate surface area is 396 Å². The normalized spacial score (nSPS) is 24.9. The van der Waals surface area contributed by atoms with Crippen LogP contribution in [0.5, 0.6) is 0 Å². The van der Waals surface area contributed by atoms with Crippen molar-refractivity contribution in [3.63, 3.8) is 0 Å². The van der Waals surface area contributed by atoms with Crippen LogP contribution in [0.15, 0.2) is 30.3 Å². The van der Waals surface area contributed by atoms with Crippen LogP contribution in [0.4, 0.5) is 0 Å². The summed E-state index contributed by atoms with van der Waals surface area (Å²) in [5, 5.41) is 43.4. The van der Waals surface area contributed by atoms with Gasteiger partial charge in [0.2, 0.25) is 53.2 Å². The lowest BCUT2D eigenvalue weighted by Gasteiger charge is -2.28. The molecule has 2 unspecified atom stereocenters. The molecule has 0 spiro atoms. The molecule has 0 radical (unpaired) electrons. The van der Waals surface area contributed by atoms with Gasteiger partial charge in [0.1, 0.15) is 54.4 Å². The molecule has 2 rings (SSSR count). The van der Waals surface area contributed by atoms with Gasteiger partial charge in [-0.25, -0.2) is 0 Å². The minimum absolute atomic E-state index is 0.0731. The van der Waals surface area contributed by atoms with Crippen LogP contribution in [-0.4, -0.2) is 163 Å². The zero-order valence-electron chi connectivity index (χ0n) is 39.3. The number of benzene rings is 1. The molecule has 9 amide bonds. The van der Waals surface area contributed by atoms with Gasteiger partial charge in [-0.1, -0.05) is 44.2 Å². The summed E-state index contributed by atoms with van der Waals surface area (Å²) in [5.41, 5.74) is 29.6. The third-order valence-corrected chi connectivity index (χ3v) is 10.9. The average molecular weight is 963 g/mol. The van der Waals surface area contributed by atoms with Gasteiger partial charge in [-0.2, -0.15) is 0 Å². The van der Waals surface area contributed by atoms with Crippen molar-refractivity contribution in [2.24, 2.45) is 34.6 Å². The lowest BCUT2D eigenvalue weighted by Crippen LogP contribution is -2.61. The number of nitrogens with one attached hydrogen (secondary N) is 9. The van der Waals surface area contributed by atoms with Crippen molar-refractivity contribution >= 4 is 53.2 Å². The lowest BCUT2D eigenvalue weighted by atomic mass is 10.00. The Hall–Kier alpha value is -5.83. The number of hydrogen-bond donors (Lipinski definition) is 16. The largest absolute Gasteiger partial charge is 0.391 e. The van der Waals surface area contributed by atoms with E-state index in [4.69, 9.17) is 28.7 Å². The van der Waals surface area contributed by atoms with E-state index in [0.29, 0.717) is 5.56 Å². The van der Waals surface area contributed by atoms with Crippen molar-refractivity contribution in [2.75, 3.05) is 32.7 Å². The van der Waals surface area contributed by atoms with Crippen molar-refractivity contribution < 1.29 is 53.4 Å². The Kier molecular flexibility index (Phi) is 25.6. The molecule has 1 heterocycles. The van der Waals surface area contributed by atoms with E-state index in [9.17, 15) is 53.4 Å². The maximum Gasteiger partial charge on any atom is 0.245 e. The van der Waals surface area contributed by atoms with E-state index in [0.717, 1.165) is 0 Å². The smallest absolute Gasteiger partial charge is 0.245 e. The third-order valence-electron chi connectivity index (χ3n) is 10.9. The first-order valence-electron chi connectivity index (χ1n) is 22.8. The summed E-state index contributed by atoms with van der Waals surface area (Å²) >= 11 is 0. The molecule has 1 fully saturated rings. The van der Waals surface area contributed by atoms with Crippen molar-refractivity contribution in [3.8, 4) is 0 Å². The number of hydrogen-bond acceptors (Lipinski definition) is 16. The van der Waals surface area contributed by atoms with Gasteiger partial charge in [0, 0.05) is 13.0 Å². The highest BCUT2D eigenvalue weighted by molar-refractivity contribution is 5.98. The van der Waals surface area contributed by atoms with Crippen LogP contribution >= 0.6 is 0 Å². The van der Waals surface area contributed by atoms with Gasteiger partial charge in [-0.05, 0) is 90.0 Å². The van der Waals surface area contributed by atoms with Crippen molar-refractivity contribution in [2.45, 2.75) is 139 Å². The van der Waals surface area contributed by atoms with E-state index in [-0.39, 0.29) is 77.0 Å². The number of rotatable bonds is 18. The fourth-order valence-electron chi connectivity index (χ4n) is 7.00. The second kappa shape index (κ2) is 29.8. The van der Waals surface area contributed by atoms with Crippen LogP contribution in [0.3, 0.4) is 0 Å². The number of carbonyl (C=O) groups is 9. The maximum atomic E-state index is 14.2. The molecule has 11 atom stereocenters. The summed E-state index contributed by atoms with van der Waals surface area (Å²) in [6.07, 6.45) is -3.78. The zero-order chi connectivity index (χ0) is 51.1. The Morgan fingerprint density at radius 1 is 0.632 bits per heavy atom. The Bertz CT molecular complexity index is 1840. The van der Waals surface area contributed by atoms with E-state index >= 15 is 0 Å². The fourth-order valence-corrected chi connectivity index (χ4v) is 7.00. The molecule has 1 saturated heterocycles. The minimum Gasteiger partial charge on any atom is -0.391 e. The molecule has 0 bridgehead atoms. The van der Waals surface area contributed by atoms with E-state index in [2.05, 4.69) is 47.9 Å². The van der Waals surface area contributed by atoms with Crippen LogP contribution in [0, 0.1) is 5.92 Å². The summed E-state index contributed by atoms with van der Waals surface area (Å²) in [7, 11) is 0. The average Bonchev–Trinajstić information content (AvgIpc) is 3.28. The molecular formula is C43H74N14O11. The number of aliphatic hydroxyl groups is 2. The monoisotopic (exact) mass is 963 g/mol. The number of nitrogens with two attached hydrogens (primary N) is 5. The Morgan fingerprint density at radius 2 is 1.10 bits per heavy atom. The summed E-state index contributed by atoms with van der Waals surface area (Å²) in [5.74, 6) is -8.14. The predicted octanol–water partition coefficient (Wildman–Crippen LogP) is -6.84. The van der Waals surface area contributed by atoms with E-state index in [1.54, 1.807) is 44.2 Å². The first kappa shape index (κ1) is 58.3. The van der Waals surface area contributed by atoms with Gasteiger partial charge in [-0.15, -0.1) is 0 Å². The Morgan fingerprint density at radius 3 is 1.59 bits per heavy atom. The SMILES string of the molecule is CC(C)C[C@@H]1NC(=O)[C@@H](Cc2ccccc2)NC(=O)[C@H](CCN)NC(=O)C(NC(=O)[C@H](CCN)NC(=O)[C@@H](N)[C@@H](C)O)CCNC(=O)[C@H]([C@@H](C)O)NC(=O)C(CCN)NC(=O)[C@H](CCN)NC1=O. The first-order valence-corrected chi connectivity index (χ1v) is 22.8. The fraction of sp³-hybridized carbons (Fsp3) is 0.651. The van der Waals surface area contributed by atoms with Crippen LogP contribution in [0.2, 0.25) is 0 Å². The molecule has 1 aromatic rings. The molecule has 68 heavy (non-hydrogen) atoms. The summed E-state index contributed by atoms with van der Waals surface area (Å²) in [6.45, 7) is 5.20. The van der Waals surface area contributed by atoms with Gasteiger partial charge in [0.05, 0.1) is 12.2 Å². The second-order valence-electron chi connectivity index (χ2n) is 17.1. The van der Waals surface area contributed by atoms with Crippen LogP contribution < -0.4 is 76.5 Å². The topological polar surface area (TPSA) is 432 Å². The molecule has 382 valence electrons. The third kappa shape index (κ3) is 19.4. The van der Waals surface area contributed by atoms with Gasteiger partial charge in [-0.3, -0.25) is 43.2 Å². The highest BCUT2D eigenvalue weighted by Crippen LogP contribution is 2.11. The summed E-state index contributed by atoms with van der Waals surface area (Å²) in [4.78, 5) is 124. The minimum atomic E-state index is -1.63. The van der Waals surface area contributed by atoms with Gasteiger partial charge < -0.3 is 86.7 Å². The number of amides is 9. The molecule has 0 aliphatic carbocycles. The van der Waals surface area contributed by atoms with Crippen molar-refractivity contribution in [1.82, 2.24) is 47.9 Å². The Balaban J connectivity index is 2.74. The number of aliphatic hydroxyl groups excluding tert-OH is 2. The molecular weight excluding hydrogens is 889 g/mol. The van der Waals surface area contributed by atoms with Gasteiger partial charge >= 0.3 is 0 Å². The highest BCUT2D eigenvalue weighted by Gasteiger charge is 2.36. The predicted molar refractivity (Wildman–Crippen MR) is 249 cm³/mol. The molecule has 25 heteroatoms. The molecule has 21 N–H and O–H groups in total. The molecule has 1 aliphatic rings. The summed E-state index contributed by atoms with van der Waals surface area (Å²) in [6, 6.07) is -4.14. The van der Waals surface area contributed by atoms with Crippen LogP contribution in [0.25, 0.3) is 0 Å². The molecule has 0 saturated carbocycles. The van der Waals surface area contributed by atoms with Crippen molar-refractivity contribution in [3.05, 3.63) is 35.9 Å². The van der Waals surface area contributed by atoms with Crippen LogP contribution in [-0.2, 0) is 49.6 Å².